The number of rotatable bonds is 3. The summed E-state index contributed by atoms with van der Waals surface area (Å²) in [7, 11) is 1.52. The van der Waals surface area contributed by atoms with Crippen LogP contribution in [0.3, 0.4) is 0 Å². The summed E-state index contributed by atoms with van der Waals surface area (Å²) in [5.74, 6) is 5.51. The molecule has 1 amide bonds. The maximum atomic E-state index is 12.2. The minimum Gasteiger partial charge on any atom is -0.370 e. The van der Waals surface area contributed by atoms with E-state index in [2.05, 4.69) is 35.0 Å². The van der Waals surface area contributed by atoms with Crippen molar-refractivity contribution in [1.29, 1.82) is 5.41 Å². The highest BCUT2D eigenvalue weighted by Gasteiger charge is 2.17. The summed E-state index contributed by atoms with van der Waals surface area (Å²) in [6.07, 6.45) is 2.17. The number of fused-ring (bicyclic) bond motifs is 3. The van der Waals surface area contributed by atoms with Gasteiger partial charge in [0.2, 0.25) is 5.91 Å². The van der Waals surface area contributed by atoms with Crippen LogP contribution in [0.25, 0.3) is 20.2 Å². The van der Waals surface area contributed by atoms with Crippen LogP contribution >= 0.6 is 11.3 Å². The van der Waals surface area contributed by atoms with E-state index in [-0.39, 0.29) is 17.8 Å². The van der Waals surface area contributed by atoms with E-state index >= 15 is 0 Å². The van der Waals surface area contributed by atoms with Crippen molar-refractivity contribution in [2.75, 3.05) is 7.05 Å². The van der Waals surface area contributed by atoms with Gasteiger partial charge in [-0.25, -0.2) is 4.98 Å². The van der Waals surface area contributed by atoms with Crippen molar-refractivity contribution < 1.29 is 4.79 Å². The SMILES string of the molecule is CC#Cc1cc2c(cn1)sc1ccc([C@H](C)CC(=O)N(C)C(=N)N)cc12. The number of guanidine groups is 1. The van der Waals surface area contributed by atoms with Crippen molar-refractivity contribution in [1.82, 2.24) is 9.88 Å². The van der Waals surface area contributed by atoms with Crippen LogP contribution in [0.15, 0.2) is 30.5 Å². The molecule has 26 heavy (non-hydrogen) atoms. The van der Waals surface area contributed by atoms with Gasteiger partial charge in [-0.3, -0.25) is 15.1 Å². The van der Waals surface area contributed by atoms with Gasteiger partial charge < -0.3 is 5.73 Å². The standard InChI is InChI=1S/C20H20N4OS/c1-4-5-14-10-16-15-9-13(6-7-17(15)26-18(16)11-23-14)12(2)8-19(25)24(3)20(21)22/h6-7,9-12H,8H2,1-3H3,(H3,21,22)/t12-/m1/s1. The van der Waals surface area contributed by atoms with Crippen LogP contribution in [-0.2, 0) is 4.79 Å². The zero-order valence-electron chi connectivity index (χ0n) is 15.0. The quantitative estimate of drug-likeness (QED) is 0.423. The van der Waals surface area contributed by atoms with Crippen LogP contribution < -0.4 is 5.73 Å². The molecule has 2 heterocycles. The third-order valence-corrected chi connectivity index (χ3v) is 5.54. The van der Waals surface area contributed by atoms with Gasteiger partial charge in [-0.05, 0) is 42.5 Å². The summed E-state index contributed by atoms with van der Waals surface area (Å²) in [5, 5.41) is 9.67. The highest BCUT2D eigenvalue weighted by atomic mass is 32.1. The van der Waals surface area contributed by atoms with E-state index in [0.717, 1.165) is 26.7 Å². The molecule has 1 aromatic carbocycles. The molecule has 3 rings (SSSR count). The average molecular weight is 364 g/mol. The molecule has 1 atom stereocenters. The fourth-order valence-electron chi connectivity index (χ4n) is 2.85. The Bertz CT molecular complexity index is 1070. The molecule has 0 unspecified atom stereocenters. The van der Waals surface area contributed by atoms with Crippen LogP contribution in [0.2, 0.25) is 0 Å². The largest absolute Gasteiger partial charge is 0.370 e. The van der Waals surface area contributed by atoms with Crippen LogP contribution in [-0.4, -0.2) is 28.8 Å². The summed E-state index contributed by atoms with van der Waals surface area (Å²) in [6.45, 7) is 3.81. The van der Waals surface area contributed by atoms with Crippen molar-refractivity contribution in [3.8, 4) is 11.8 Å². The van der Waals surface area contributed by atoms with E-state index < -0.39 is 0 Å². The topological polar surface area (TPSA) is 83.1 Å². The Balaban J connectivity index is 1.98. The molecule has 0 aliphatic carbocycles. The Morgan fingerprint density at radius 1 is 1.35 bits per heavy atom. The lowest BCUT2D eigenvalue weighted by Crippen LogP contribution is -2.38. The van der Waals surface area contributed by atoms with E-state index in [0.29, 0.717) is 6.42 Å². The first-order valence-electron chi connectivity index (χ1n) is 8.26. The second-order valence-corrected chi connectivity index (χ2v) is 7.33. The molecule has 0 fully saturated rings. The molecular formula is C20H20N4OS. The van der Waals surface area contributed by atoms with E-state index in [4.69, 9.17) is 11.1 Å². The van der Waals surface area contributed by atoms with Gasteiger partial charge >= 0.3 is 0 Å². The fourth-order valence-corrected chi connectivity index (χ4v) is 3.89. The molecular weight excluding hydrogens is 344 g/mol. The summed E-state index contributed by atoms with van der Waals surface area (Å²) < 4.78 is 2.31. The normalized spacial score (nSPS) is 11.8. The molecule has 0 spiro atoms. The number of carbonyl (C=O) groups is 1. The maximum absolute atomic E-state index is 12.2. The van der Waals surface area contributed by atoms with Gasteiger partial charge in [0.05, 0.1) is 4.70 Å². The number of nitrogens with two attached hydrogens (primary N) is 1. The molecule has 0 bridgehead atoms. The van der Waals surface area contributed by atoms with Gasteiger partial charge in [0, 0.05) is 35.1 Å². The van der Waals surface area contributed by atoms with Gasteiger partial charge in [0.25, 0.3) is 0 Å². The molecule has 5 nitrogen and oxygen atoms in total. The third kappa shape index (κ3) is 3.39. The molecule has 0 aliphatic rings. The molecule has 3 aromatic rings. The van der Waals surface area contributed by atoms with Crippen molar-refractivity contribution in [2.45, 2.75) is 26.2 Å². The predicted octanol–water partition coefficient (Wildman–Crippen LogP) is 3.67. The Morgan fingerprint density at radius 3 is 2.77 bits per heavy atom. The first-order chi connectivity index (χ1) is 12.4. The second kappa shape index (κ2) is 7.14. The Labute approximate surface area is 156 Å². The van der Waals surface area contributed by atoms with Gasteiger partial charge in [-0.15, -0.1) is 11.3 Å². The second-order valence-electron chi connectivity index (χ2n) is 6.24. The fraction of sp³-hybridized carbons (Fsp3) is 0.250. The molecule has 132 valence electrons. The highest BCUT2D eigenvalue weighted by molar-refractivity contribution is 7.25. The van der Waals surface area contributed by atoms with Crippen LogP contribution in [0, 0.1) is 17.3 Å². The molecule has 0 saturated carbocycles. The lowest BCUT2D eigenvalue weighted by molar-refractivity contribution is -0.126. The highest BCUT2D eigenvalue weighted by Crippen LogP contribution is 2.36. The number of amides is 1. The van der Waals surface area contributed by atoms with Crippen molar-refractivity contribution >= 4 is 43.4 Å². The molecule has 0 aliphatic heterocycles. The van der Waals surface area contributed by atoms with E-state index in [1.165, 1.54) is 16.6 Å². The number of pyridine rings is 1. The Morgan fingerprint density at radius 2 is 2.08 bits per heavy atom. The number of nitrogens with one attached hydrogen (secondary N) is 1. The number of hydrogen-bond acceptors (Lipinski definition) is 4. The van der Waals surface area contributed by atoms with Crippen LogP contribution in [0.1, 0.15) is 37.4 Å². The number of thiophene rings is 1. The summed E-state index contributed by atoms with van der Waals surface area (Å²) in [5.41, 5.74) is 7.23. The van der Waals surface area contributed by atoms with Crippen molar-refractivity contribution in [3.05, 3.63) is 41.7 Å². The number of benzene rings is 1. The minimum absolute atomic E-state index is 0.0281. The van der Waals surface area contributed by atoms with Gasteiger partial charge in [0.1, 0.15) is 5.69 Å². The number of aromatic nitrogens is 1. The predicted molar refractivity (Wildman–Crippen MR) is 107 cm³/mol. The van der Waals surface area contributed by atoms with Crippen molar-refractivity contribution in [3.63, 3.8) is 0 Å². The van der Waals surface area contributed by atoms with Crippen LogP contribution in [0.5, 0.6) is 0 Å². The minimum atomic E-state index is -0.237. The first-order valence-corrected chi connectivity index (χ1v) is 9.08. The number of hydrogen-bond donors (Lipinski definition) is 2. The Kier molecular flexibility index (Phi) is 4.92. The lowest BCUT2D eigenvalue weighted by atomic mass is 9.95. The zero-order valence-corrected chi connectivity index (χ0v) is 15.8. The van der Waals surface area contributed by atoms with E-state index in [1.54, 1.807) is 18.3 Å². The van der Waals surface area contributed by atoms with E-state index in [1.807, 2.05) is 19.2 Å². The molecule has 6 heteroatoms. The molecule has 3 N–H and O–H groups in total. The summed E-state index contributed by atoms with van der Waals surface area (Å²) in [6, 6.07) is 8.32. The number of carbonyl (C=O) groups excluding carboxylic acids is 1. The monoisotopic (exact) mass is 364 g/mol. The van der Waals surface area contributed by atoms with Gasteiger partial charge in [-0.1, -0.05) is 18.9 Å². The Hall–Kier alpha value is -2.91. The lowest BCUT2D eigenvalue weighted by Gasteiger charge is -2.18. The first kappa shape index (κ1) is 17.9. The van der Waals surface area contributed by atoms with Crippen molar-refractivity contribution in [2.24, 2.45) is 5.73 Å². The van der Waals surface area contributed by atoms with Gasteiger partial charge in [-0.2, -0.15) is 0 Å². The van der Waals surface area contributed by atoms with Crippen LogP contribution in [0.4, 0.5) is 0 Å². The molecule has 2 aromatic heterocycles. The third-order valence-electron chi connectivity index (χ3n) is 4.42. The smallest absolute Gasteiger partial charge is 0.229 e. The summed E-state index contributed by atoms with van der Waals surface area (Å²) in [4.78, 5) is 17.8. The van der Waals surface area contributed by atoms with E-state index in [9.17, 15) is 4.79 Å². The zero-order chi connectivity index (χ0) is 18.8. The van der Waals surface area contributed by atoms with Gasteiger partial charge in [0.15, 0.2) is 5.96 Å². The maximum Gasteiger partial charge on any atom is 0.229 e. The average Bonchev–Trinajstić information content (AvgIpc) is 2.98. The molecule has 0 radical (unpaired) electrons. The number of nitrogens with zero attached hydrogens (tertiary/aromatic N) is 2. The summed E-state index contributed by atoms with van der Waals surface area (Å²) >= 11 is 1.70. The molecule has 0 saturated heterocycles.